The number of nitrogens with zero attached hydrogens (tertiary/aromatic N) is 5. The summed E-state index contributed by atoms with van der Waals surface area (Å²) in [4.78, 5) is 18.4. The van der Waals surface area contributed by atoms with E-state index < -0.39 is 0 Å². The topological polar surface area (TPSA) is 77.1 Å². The van der Waals surface area contributed by atoms with E-state index in [1.165, 1.54) is 32.1 Å². The van der Waals surface area contributed by atoms with Gasteiger partial charge in [-0.2, -0.15) is 10.2 Å². The third kappa shape index (κ3) is 4.48. The molecule has 1 aliphatic carbocycles. The number of aryl methyl sites for hydroxylation is 2. The number of hydrogen-bond donors (Lipinski definition) is 1. The van der Waals surface area contributed by atoms with Crippen LogP contribution < -0.4 is 10.1 Å². The lowest BCUT2D eigenvalue weighted by molar-refractivity contribution is 0.102. The molecule has 2 heterocycles. The summed E-state index contributed by atoms with van der Waals surface area (Å²) in [7, 11) is 1.94. The van der Waals surface area contributed by atoms with Crippen LogP contribution in [0.5, 0.6) is 0 Å². The predicted molar refractivity (Wildman–Crippen MR) is 115 cm³/mol. The molecular formula is C21H26N6OS. The maximum absolute atomic E-state index is 12.5. The van der Waals surface area contributed by atoms with E-state index in [-0.39, 0.29) is 5.91 Å². The molecule has 152 valence electrons. The Morgan fingerprint density at radius 1 is 1.21 bits per heavy atom. The van der Waals surface area contributed by atoms with Gasteiger partial charge in [-0.3, -0.25) is 9.79 Å². The molecule has 4 rings (SSSR count). The Balaban J connectivity index is 1.50. The molecule has 1 amide bonds. The summed E-state index contributed by atoms with van der Waals surface area (Å²) in [5.74, 6) is 0.548. The molecule has 0 unspecified atom stereocenters. The molecule has 3 aromatic rings. The molecule has 1 saturated carbocycles. The first-order valence-electron chi connectivity index (χ1n) is 10.2. The van der Waals surface area contributed by atoms with Gasteiger partial charge in [0, 0.05) is 30.8 Å². The number of amides is 1. The first-order valence-corrected chi connectivity index (χ1v) is 11.0. The Kier molecular flexibility index (Phi) is 5.89. The van der Waals surface area contributed by atoms with Gasteiger partial charge in [0.05, 0.1) is 12.2 Å². The zero-order valence-corrected chi connectivity index (χ0v) is 17.7. The zero-order chi connectivity index (χ0) is 20.2. The van der Waals surface area contributed by atoms with E-state index in [1.54, 1.807) is 28.3 Å². The quantitative estimate of drug-likeness (QED) is 0.694. The molecule has 29 heavy (non-hydrogen) atoms. The zero-order valence-electron chi connectivity index (χ0n) is 16.8. The smallest absolute Gasteiger partial charge is 0.256 e. The van der Waals surface area contributed by atoms with E-state index >= 15 is 0 Å². The van der Waals surface area contributed by atoms with Crippen LogP contribution in [0.1, 0.15) is 49.4 Å². The molecule has 0 aliphatic heterocycles. The third-order valence-corrected chi connectivity index (χ3v) is 6.29. The summed E-state index contributed by atoms with van der Waals surface area (Å²) in [6, 6.07) is 9.76. The van der Waals surface area contributed by atoms with Gasteiger partial charge in [-0.05, 0) is 31.9 Å². The molecule has 2 aromatic heterocycles. The highest BCUT2D eigenvalue weighted by Gasteiger charge is 2.14. The number of carbonyl (C=O) groups excluding carboxylic acids is 1. The second-order valence-corrected chi connectivity index (χ2v) is 8.25. The van der Waals surface area contributed by atoms with E-state index in [4.69, 9.17) is 4.99 Å². The van der Waals surface area contributed by atoms with Gasteiger partial charge in [-0.15, -0.1) is 0 Å². The second-order valence-electron chi connectivity index (χ2n) is 7.30. The normalized spacial score (nSPS) is 15.6. The maximum atomic E-state index is 12.5. The molecule has 0 radical (unpaired) electrons. The van der Waals surface area contributed by atoms with Crippen molar-refractivity contribution in [2.75, 3.05) is 5.32 Å². The van der Waals surface area contributed by atoms with Gasteiger partial charge in [-0.25, -0.2) is 9.36 Å². The molecule has 1 fully saturated rings. The van der Waals surface area contributed by atoms with Gasteiger partial charge < -0.3 is 5.32 Å². The summed E-state index contributed by atoms with van der Waals surface area (Å²) < 4.78 is 3.61. The number of anilines is 1. The fourth-order valence-corrected chi connectivity index (χ4v) is 4.55. The molecule has 0 bridgehead atoms. The summed E-state index contributed by atoms with van der Waals surface area (Å²) >= 11 is 1.60. The summed E-state index contributed by atoms with van der Waals surface area (Å²) in [5.41, 5.74) is 1.59. The second kappa shape index (κ2) is 8.73. The van der Waals surface area contributed by atoms with Crippen LogP contribution >= 0.6 is 11.3 Å². The Morgan fingerprint density at radius 2 is 1.97 bits per heavy atom. The largest absolute Gasteiger partial charge is 0.307 e. The van der Waals surface area contributed by atoms with Gasteiger partial charge in [0.1, 0.15) is 10.8 Å². The van der Waals surface area contributed by atoms with Crippen LogP contribution in [0.25, 0.3) is 10.6 Å². The molecule has 1 aliphatic rings. The van der Waals surface area contributed by atoms with Crippen molar-refractivity contribution in [3.05, 3.63) is 46.9 Å². The van der Waals surface area contributed by atoms with Crippen LogP contribution in [0.15, 0.2) is 41.5 Å². The van der Waals surface area contributed by atoms with E-state index in [0.717, 1.165) is 15.4 Å². The standard InChI is InChI=1S/C21H26N6OS/c1-3-27-18(13-14-22-27)24-19(28)15-9-11-16(12-10-15)20-25-26(2)21(29-20)23-17-7-5-4-6-8-17/h9-14,17H,3-8H2,1-2H3,(H,24,28)/b23-21+. The molecule has 0 saturated heterocycles. The minimum Gasteiger partial charge on any atom is -0.307 e. The van der Waals surface area contributed by atoms with E-state index in [2.05, 4.69) is 15.5 Å². The first-order chi connectivity index (χ1) is 14.1. The average Bonchev–Trinajstić information content (AvgIpc) is 3.35. The highest BCUT2D eigenvalue weighted by Crippen LogP contribution is 2.22. The molecule has 1 aromatic carbocycles. The number of rotatable bonds is 5. The van der Waals surface area contributed by atoms with Crippen LogP contribution in [0.3, 0.4) is 0 Å². The monoisotopic (exact) mass is 410 g/mol. The summed E-state index contributed by atoms with van der Waals surface area (Å²) in [6.45, 7) is 2.69. The van der Waals surface area contributed by atoms with Crippen molar-refractivity contribution in [3.63, 3.8) is 0 Å². The molecule has 0 spiro atoms. The lowest BCUT2D eigenvalue weighted by atomic mass is 9.96. The Bertz CT molecular complexity index is 1040. The lowest BCUT2D eigenvalue weighted by Gasteiger charge is -2.16. The number of nitrogens with one attached hydrogen (secondary N) is 1. The molecule has 8 heteroatoms. The lowest BCUT2D eigenvalue weighted by Crippen LogP contribution is -2.18. The van der Waals surface area contributed by atoms with E-state index in [1.807, 2.05) is 42.9 Å². The SMILES string of the molecule is CCn1nccc1NC(=O)c1ccc(-c2nn(C)/c(=N\C3CCCCC3)s2)cc1. The highest BCUT2D eigenvalue weighted by molar-refractivity contribution is 7.12. The number of benzene rings is 1. The summed E-state index contributed by atoms with van der Waals surface area (Å²) in [6.07, 6.45) is 7.90. The highest BCUT2D eigenvalue weighted by atomic mass is 32.1. The Labute approximate surface area is 174 Å². The fourth-order valence-electron chi connectivity index (χ4n) is 3.59. The number of aromatic nitrogens is 4. The average molecular weight is 411 g/mol. The number of hydrogen-bond acceptors (Lipinski definition) is 5. The minimum atomic E-state index is -0.149. The van der Waals surface area contributed by atoms with Crippen LogP contribution in [0.2, 0.25) is 0 Å². The van der Waals surface area contributed by atoms with E-state index in [9.17, 15) is 4.79 Å². The van der Waals surface area contributed by atoms with Crippen molar-refractivity contribution in [1.29, 1.82) is 0 Å². The fraction of sp³-hybridized carbons (Fsp3) is 0.429. The van der Waals surface area contributed by atoms with Crippen molar-refractivity contribution in [3.8, 4) is 10.6 Å². The van der Waals surface area contributed by atoms with Crippen LogP contribution in [0.4, 0.5) is 5.82 Å². The molecule has 1 N–H and O–H groups in total. The van der Waals surface area contributed by atoms with Crippen LogP contribution in [-0.2, 0) is 13.6 Å². The Hall–Kier alpha value is -2.74. The van der Waals surface area contributed by atoms with Crippen molar-refractivity contribution < 1.29 is 4.79 Å². The van der Waals surface area contributed by atoms with Gasteiger partial charge in [-0.1, -0.05) is 42.7 Å². The predicted octanol–water partition coefficient (Wildman–Crippen LogP) is 3.85. The van der Waals surface area contributed by atoms with E-state index in [0.29, 0.717) is 24.0 Å². The maximum Gasteiger partial charge on any atom is 0.256 e. The molecule has 7 nitrogen and oxygen atoms in total. The van der Waals surface area contributed by atoms with Gasteiger partial charge in [0.15, 0.2) is 0 Å². The van der Waals surface area contributed by atoms with Gasteiger partial charge in [0.2, 0.25) is 4.80 Å². The van der Waals surface area contributed by atoms with Gasteiger partial charge >= 0.3 is 0 Å². The van der Waals surface area contributed by atoms with Crippen molar-refractivity contribution >= 4 is 23.1 Å². The third-order valence-electron chi connectivity index (χ3n) is 5.23. The molecule has 0 atom stereocenters. The Morgan fingerprint density at radius 3 is 2.69 bits per heavy atom. The first kappa shape index (κ1) is 19.6. The van der Waals surface area contributed by atoms with Crippen molar-refractivity contribution in [2.45, 2.75) is 51.6 Å². The van der Waals surface area contributed by atoms with Crippen molar-refractivity contribution in [2.24, 2.45) is 12.0 Å². The minimum absolute atomic E-state index is 0.149. The van der Waals surface area contributed by atoms with Crippen LogP contribution in [0, 0.1) is 0 Å². The van der Waals surface area contributed by atoms with Gasteiger partial charge in [0.25, 0.3) is 5.91 Å². The van der Waals surface area contributed by atoms with Crippen molar-refractivity contribution in [1.82, 2.24) is 19.6 Å². The number of carbonyl (C=O) groups is 1. The molecular weight excluding hydrogens is 384 g/mol. The summed E-state index contributed by atoms with van der Waals surface area (Å²) in [5, 5.41) is 12.6. The van der Waals surface area contributed by atoms with Crippen LogP contribution in [-0.4, -0.2) is 31.5 Å².